The van der Waals surface area contributed by atoms with Crippen molar-refractivity contribution in [3.8, 4) is 11.4 Å². The largest absolute Gasteiger partial charge is 0.478 e. The number of hydrogen-bond donors (Lipinski definition) is 3. The molecule has 4 rings (SSSR count). The molecule has 10 heteroatoms. The number of carboxylic acids is 1. The predicted molar refractivity (Wildman–Crippen MR) is 99.8 cm³/mol. The minimum Gasteiger partial charge on any atom is -0.478 e. The maximum absolute atomic E-state index is 14.1. The second-order valence-corrected chi connectivity index (χ2v) is 6.06. The van der Waals surface area contributed by atoms with Crippen molar-refractivity contribution in [2.75, 3.05) is 11.5 Å². The number of anilines is 2. The summed E-state index contributed by atoms with van der Waals surface area (Å²) in [6, 6.07) is 7.17. The van der Waals surface area contributed by atoms with Gasteiger partial charge in [0.25, 0.3) is 0 Å². The third-order valence-corrected chi connectivity index (χ3v) is 4.16. The zero-order valence-electron chi connectivity index (χ0n) is 14.4. The first-order valence-electron chi connectivity index (χ1n) is 8.15. The molecule has 9 nitrogen and oxygen atoms in total. The Bertz CT molecular complexity index is 1220. The maximum atomic E-state index is 14.1. The van der Waals surface area contributed by atoms with Crippen LogP contribution in [0.15, 0.2) is 42.7 Å². The van der Waals surface area contributed by atoms with E-state index in [9.17, 15) is 14.3 Å². The van der Waals surface area contributed by atoms with Crippen molar-refractivity contribution in [3.63, 3.8) is 0 Å². The van der Waals surface area contributed by atoms with Crippen molar-refractivity contribution in [1.82, 2.24) is 24.7 Å². The molecule has 0 atom stereocenters. The van der Waals surface area contributed by atoms with Gasteiger partial charge in [-0.05, 0) is 24.3 Å². The van der Waals surface area contributed by atoms with Crippen molar-refractivity contribution in [2.45, 2.75) is 6.54 Å². The monoisotopic (exact) mass is 379 g/mol. The summed E-state index contributed by atoms with van der Waals surface area (Å²) in [5.41, 5.74) is 13.2. The first-order chi connectivity index (χ1) is 13.4. The van der Waals surface area contributed by atoms with E-state index in [1.165, 1.54) is 35.3 Å². The number of benzene rings is 1. The second kappa shape index (κ2) is 6.58. The Morgan fingerprint density at radius 3 is 2.75 bits per heavy atom. The molecule has 140 valence electrons. The fourth-order valence-corrected chi connectivity index (χ4v) is 2.83. The van der Waals surface area contributed by atoms with Crippen LogP contribution in [0.1, 0.15) is 15.9 Å². The van der Waals surface area contributed by atoms with E-state index in [-0.39, 0.29) is 18.1 Å². The molecule has 0 aliphatic rings. The number of carbonyl (C=O) groups is 1. The zero-order chi connectivity index (χ0) is 19.8. The minimum atomic E-state index is -1.09. The highest BCUT2D eigenvalue weighted by Crippen LogP contribution is 2.26. The lowest BCUT2D eigenvalue weighted by atomic mass is 10.1. The van der Waals surface area contributed by atoms with Crippen molar-refractivity contribution in [2.24, 2.45) is 0 Å². The van der Waals surface area contributed by atoms with Crippen LogP contribution in [0.2, 0.25) is 0 Å². The number of carboxylic acid groups (broad SMARTS) is 1. The fraction of sp³-hybridized carbons (Fsp3) is 0.0556. The van der Waals surface area contributed by atoms with E-state index < -0.39 is 11.8 Å². The van der Waals surface area contributed by atoms with E-state index >= 15 is 0 Å². The van der Waals surface area contributed by atoms with Gasteiger partial charge in [-0.1, -0.05) is 6.07 Å². The lowest BCUT2D eigenvalue weighted by Gasteiger charge is -2.07. The molecule has 0 saturated heterocycles. The normalized spacial score (nSPS) is 11.0. The van der Waals surface area contributed by atoms with E-state index in [0.29, 0.717) is 33.7 Å². The summed E-state index contributed by atoms with van der Waals surface area (Å²) in [5.74, 6) is -1.58. The molecule has 28 heavy (non-hydrogen) atoms. The molecule has 4 aromatic rings. The molecule has 0 fully saturated rings. The fourth-order valence-electron chi connectivity index (χ4n) is 2.83. The van der Waals surface area contributed by atoms with Gasteiger partial charge in [-0.25, -0.2) is 18.9 Å². The van der Waals surface area contributed by atoms with Crippen LogP contribution in [0, 0.1) is 5.82 Å². The molecule has 0 aliphatic heterocycles. The summed E-state index contributed by atoms with van der Waals surface area (Å²) in [4.78, 5) is 23.8. The molecule has 0 amide bonds. The van der Waals surface area contributed by atoms with Gasteiger partial charge in [0.15, 0.2) is 5.65 Å². The quantitative estimate of drug-likeness (QED) is 0.456. The molecule has 1 aromatic carbocycles. The minimum absolute atomic E-state index is 0.0374. The molecular weight excluding hydrogens is 365 g/mol. The van der Waals surface area contributed by atoms with Crippen LogP contribution in [-0.2, 0) is 6.54 Å². The van der Waals surface area contributed by atoms with Crippen LogP contribution in [-0.4, -0.2) is 35.8 Å². The van der Waals surface area contributed by atoms with Gasteiger partial charge >= 0.3 is 5.97 Å². The first kappa shape index (κ1) is 17.3. The number of nitrogens with two attached hydrogens (primary N) is 2. The lowest BCUT2D eigenvalue weighted by molar-refractivity contribution is 0.0697. The van der Waals surface area contributed by atoms with Gasteiger partial charge in [-0.2, -0.15) is 10.1 Å². The van der Waals surface area contributed by atoms with Crippen molar-refractivity contribution >= 4 is 28.6 Å². The van der Waals surface area contributed by atoms with Crippen LogP contribution < -0.4 is 11.5 Å². The van der Waals surface area contributed by atoms with Crippen LogP contribution >= 0.6 is 0 Å². The molecule has 3 heterocycles. The lowest BCUT2D eigenvalue weighted by Crippen LogP contribution is -2.07. The SMILES string of the molecule is Nc1ccc(Cn2ncc3c(-c4cc(C(=O)O)ccn4)nc(N)nc32)c(F)c1. The Labute approximate surface area is 157 Å². The van der Waals surface area contributed by atoms with Crippen LogP contribution in [0.5, 0.6) is 0 Å². The number of aromatic nitrogens is 5. The smallest absolute Gasteiger partial charge is 0.335 e. The van der Waals surface area contributed by atoms with Crippen molar-refractivity contribution < 1.29 is 14.3 Å². The second-order valence-electron chi connectivity index (χ2n) is 6.06. The van der Waals surface area contributed by atoms with E-state index in [0.717, 1.165) is 0 Å². The topological polar surface area (TPSA) is 146 Å². The Hall–Kier alpha value is -4.08. The highest BCUT2D eigenvalue weighted by Gasteiger charge is 2.17. The first-order valence-corrected chi connectivity index (χ1v) is 8.15. The van der Waals surface area contributed by atoms with Gasteiger partial charge in [0.05, 0.1) is 29.4 Å². The Morgan fingerprint density at radius 1 is 1.18 bits per heavy atom. The molecule has 5 N–H and O–H groups in total. The number of fused-ring (bicyclic) bond motifs is 1. The van der Waals surface area contributed by atoms with Gasteiger partial charge in [-0.15, -0.1) is 0 Å². The summed E-state index contributed by atoms with van der Waals surface area (Å²) in [6.45, 7) is 0.105. The Kier molecular flexibility index (Phi) is 4.07. The van der Waals surface area contributed by atoms with Crippen LogP contribution in [0.25, 0.3) is 22.4 Å². The molecule has 0 saturated carbocycles. The molecule has 3 aromatic heterocycles. The predicted octanol–water partition coefficient (Wildman–Crippen LogP) is 1.94. The standard InChI is InChI=1S/C18H14FN7O2/c19-13-6-11(20)2-1-10(13)8-26-16-12(7-23-26)15(24-18(21)25-16)14-5-9(17(27)28)3-4-22-14/h1-7H,8,20H2,(H,27,28)(H2,21,24,25). The van der Waals surface area contributed by atoms with E-state index in [2.05, 4.69) is 20.1 Å². The van der Waals surface area contributed by atoms with Gasteiger partial charge in [0.2, 0.25) is 5.95 Å². The number of rotatable bonds is 4. The highest BCUT2D eigenvalue weighted by molar-refractivity contribution is 5.93. The molecule has 0 aliphatic carbocycles. The van der Waals surface area contributed by atoms with Crippen LogP contribution in [0.4, 0.5) is 16.0 Å². The average molecular weight is 379 g/mol. The van der Waals surface area contributed by atoms with Crippen molar-refractivity contribution in [3.05, 3.63) is 59.7 Å². The summed E-state index contributed by atoms with van der Waals surface area (Å²) < 4.78 is 15.6. The third kappa shape index (κ3) is 3.07. The summed E-state index contributed by atoms with van der Waals surface area (Å²) >= 11 is 0. The van der Waals surface area contributed by atoms with Gasteiger partial charge in [-0.3, -0.25) is 4.98 Å². The van der Waals surface area contributed by atoms with Gasteiger partial charge < -0.3 is 16.6 Å². The number of aromatic carboxylic acids is 1. The molecule has 0 bridgehead atoms. The molecule has 0 radical (unpaired) electrons. The van der Waals surface area contributed by atoms with Crippen molar-refractivity contribution in [1.29, 1.82) is 0 Å². The average Bonchev–Trinajstić information content (AvgIpc) is 3.06. The number of pyridine rings is 1. The molecule has 0 unspecified atom stereocenters. The zero-order valence-corrected chi connectivity index (χ0v) is 14.4. The number of halogens is 1. The Morgan fingerprint density at radius 2 is 2.00 bits per heavy atom. The van der Waals surface area contributed by atoms with Crippen LogP contribution in [0.3, 0.4) is 0 Å². The number of hydrogen-bond acceptors (Lipinski definition) is 7. The summed E-state index contributed by atoms with van der Waals surface area (Å²) in [5, 5.41) is 14.0. The van der Waals surface area contributed by atoms with Gasteiger partial charge in [0, 0.05) is 17.4 Å². The summed E-state index contributed by atoms with van der Waals surface area (Å²) in [7, 11) is 0. The maximum Gasteiger partial charge on any atom is 0.335 e. The van der Waals surface area contributed by atoms with E-state index in [1.807, 2.05) is 0 Å². The highest BCUT2D eigenvalue weighted by atomic mass is 19.1. The molecule has 0 spiro atoms. The molecular formula is C18H14FN7O2. The van der Waals surface area contributed by atoms with E-state index in [4.69, 9.17) is 11.5 Å². The number of nitrogen functional groups attached to an aromatic ring is 2. The third-order valence-electron chi connectivity index (χ3n) is 4.16. The number of nitrogens with zero attached hydrogens (tertiary/aromatic N) is 5. The Balaban J connectivity index is 1.83. The van der Waals surface area contributed by atoms with Gasteiger partial charge in [0.1, 0.15) is 11.5 Å². The van der Waals surface area contributed by atoms with E-state index in [1.54, 1.807) is 12.1 Å². The summed E-state index contributed by atoms with van der Waals surface area (Å²) in [6.07, 6.45) is 2.88.